The summed E-state index contributed by atoms with van der Waals surface area (Å²) in [5, 5.41) is 14.2. The number of pyridine rings is 9. The minimum absolute atomic E-state index is 0.0266. The second-order valence-corrected chi connectivity index (χ2v) is 34.7. The molecule has 125 heavy (non-hydrogen) atoms. The number of carbonyl (C=O) groups is 5. The van der Waals surface area contributed by atoms with Crippen LogP contribution in [0.2, 0.25) is 0 Å². The van der Waals surface area contributed by atoms with E-state index >= 15 is 0 Å². The van der Waals surface area contributed by atoms with Crippen LogP contribution in [0.3, 0.4) is 0 Å². The van der Waals surface area contributed by atoms with Crippen molar-refractivity contribution in [3.05, 3.63) is 191 Å². The van der Waals surface area contributed by atoms with Gasteiger partial charge in [-0.1, -0.05) is 94.6 Å². The largest absolute Gasteiger partial charge is 0.361 e. The van der Waals surface area contributed by atoms with Crippen LogP contribution in [-0.4, -0.2) is 128 Å². The van der Waals surface area contributed by atoms with E-state index in [1.807, 2.05) is 158 Å². The highest BCUT2D eigenvalue weighted by molar-refractivity contribution is 5.96. The Hall–Kier alpha value is -13.8. The molecule has 0 aliphatic heterocycles. The summed E-state index contributed by atoms with van der Waals surface area (Å²) in [7, 11) is 0. The lowest BCUT2D eigenvalue weighted by Gasteiger charge is -2.38. The Morgan fingerprint density at radius 2 is 0.728 bits per heavy atom. The summed E-state index contributed by atoms with van der Waals surface area (Å²) in [5.41, 5.74) is 7.82. The molecule has 0 saturated heterocycles. The monoisotopic (exact) mass is 1710 g/mol. The van der Waals surface area contributed by atoms with E-state index in [2.05, 4.69) is 101 Å². The molecule has 2 fully saturated rings. The van der Waals surface area contributed by atoms with Crippen molar-refractivity contribution >= 4 is 121 Å². The number of hydrogen-bond acceptors (Lipinski definition) is 19. The van der Waals surface area contributed by atoms with E-state index in [1.165, 1.54) is 55.0 Å². The number of halogens is 5. The van der Waals surface area contributed by atoms with Crippen LogP contribution >= 0.6 is 0 Å². The number of imidazole rings is 5. The van der Waals surface area contributed by atoms with Crippen LogP contribution in [0.4, 0.5) is 57.5 Å². The highest BCUT2D eigenvalue weighted by Gasteiger charge is 2.41. The molecule has 0 bridgehead atoms. The number of amides is 5. The Morgan fingerprint density at radius 3 is 1.02 bits per heavy atom. The first-order valence-corrected chi connectivity index (χ1v) is 41.0. The van der Waals surface area contributed by atoms with Gasteiger partial charge in [-0.2, -0.15) is 0 Å². The molecule has 2 aliphatic rings. The third-order valence-electron chi connectivity index (χ3n) is 20.8. The van der Waals surface area contributed by atoms with Crippen molar-refractivity contribution in [1.82, 2.24) is 92.6 Å². The fourth-order valence-corrected chi connectivity index (χ4v) is 13.6. The van der Waals surface area contributed by atoms with E-state index in [0.717, 1.165) is 65.9 Å². The van der Waals surface area contributed by atoms with E-state index in [9.17, 15) is 45.9 Å². The molecule has 5 N–H and O–H groups in total. The van der Waals surface area contributed by atoms with E-state index < -0.39 is 28.9 Å². The van der Waals surface area contributed by atoms with Crippen LogP contribution in [-0.2, 0) is 24.0 Å². The summed E-state index contributed by atoms with van der Waals surface area (Å²) < 4.78 is 75.1. The fraction of sp³-hybridized carbons (Fsp3) is 0.378. The van der Waals surface area contributed by atoms with Gasteiger partial charge in [-0.25, -0.2) is 105 Å². The molecule has 14 aromatic heterocycles. The first kappa shape index (κ1) is 90.4. The van der Waals surface area contributed by atoms with Gasteiger partial charge >= 0.3 is 0 Å². The molecule has 5 amide bonds. The molecule has 14 aromatic rings. The number of aryl methyl sites for hydroxylation is 4. The van der Waals surface area contributed by atoms with Crippen molar-refractivity contribution in [2.24, 2.45) is 40.4 Å². The molecule has 16 rings (SSSR count). The molecule has 2 aliphatic carbocycles. The Morgan fingerprint density at radius 1 is 0.424 bits per heavy atom. The number of nitrogens with one attached hydrogen (secondary N) is 5. The molecular formula is C90H100F5N25O5. The Balaban J connectivity index is 0.000000142. The molecule has 0 radical (unpaired) electrons. The first-order chi connectivity index (χ1) is 59.1. The maximum absolute atomic E-state index is 13.6. The van der Waals surface area contributed by atoms with Gasteiger partial charge in [-0.05, 0) is 205 Å². The van der Waals surface area contributed by atoms with E-state index in [1.54, 1.807) is 43.4 Å². The normalized spacial score (nSPS) is 14.9. The number of aromatic nitrogens is 19. The third kappa shape index (κ3) is 22.5. The SMILES string of the molecule is Cc1ccc2nc(NC(=O)CC(C)(C)C)n(-c3ccc(F)cn3)c2n1.Cc1ccc2nc(NC(=O)CC(C)(C)C)n(-c3ccc(F)cn3)c2n1.Cc1ccc2nc(NC(=O)CC3CC(C)(F)C3)n(-c3ccc(F)cn3)c2n1.Cc1ccc2nc(NC(=O)[C@@H](C)C(C)C)n(-c3ccc(F)cn3)c2n1.[C-]#[N+]c1ccc2nc(NC(=O)[C@@H](C)C(C)C)n(C3CCC3)c2n1. The maximum Gasteiger partial charge on any atom is 0.271 e. The molecular weight excluding hydrogens is 1610 g/mol. The van der Waals surface area contributed by atoms with Crippen LogP contribution in [0.1, 0.15) is 170 Å². The van der Waals surface area contributed by atoms with E-state index in [4.69, 9.17) is 6.57 Å². The number of hydrogen-bond donors (Lipinski definition) is 5. The van der Waals surface area contributed by atoms with E-state index in [0.29, 0.717) is 135 Å². The van der Waals surface area contributed by atoms with Crippen LogP contribution < -0.4 is 26.6 Å². The number of nitrogens with zero attached hydrogens (tertiary/aromatic N) is 20. The van der Waals surface area contributed by atoms with Crippen LogP contribution in [0.15, 0.2) is 134 Å². The second-order valence-electron chi connectivity index (χ2n) is 34.7. The van der Waals surface area contributed by atoms with Crippen LogP contribution in [0, 0.1) is 98.0 Å². The van der Waals surface area contributed by atoms with Crippen LogP contribution in [0.5, 0.6) is 0 Å². The predicted octanol–water partition coefficient (Wildman–Crippen LogP) is 18.4. The number of rotatable bonds is 18. The average Bonchev–Trinajstić information content (AvgIpc) is 1.70. The summed E-state index contributed by atoms with van der Waals surface area (Å²) in [6.45, 7) is 39.9. The molecule has 0 aromatic carbocycles. The Bertz CT molecular complexity index is 6170. The maximum atomic E-state index is 13.6. The van der Waals surface area contributed by atoms with Gasteiger partial charge in [0, 0.05) is 59.9 Å². The van der Waals surface area contributed by atoms with Gasteiger partial charge in [-0.3, -0.25) is 55.1 Å². The molecule has 30 nitrogen and oxygen atoms in total. The number of fused-ring (bicyclic) bond motifs is 5. The topological polar surface area (TPSA) is 355 Å². The van der Waals surface area contributed by atoms with Gasteiger partial charge in [0.2, 0.25) is 59.3 Å². The van der Waals surface area contributed by atoms with Crippen molar-refractivity contribution in [2.75, 3.05) is 26.6 Å². The molecule has 0 spiro atoms. The van der Waals surface area contributed by atoms with Crippen molar-refractivity contribution in [2.45, 2.75) is 181 Å². The lowest BCUT2D eigenvalue weighted by Crippen LogP contribution is -2.38. The van der Waals surface area contributed by atoms with Gasteiger partial charge in [0.1, 0.15) is 79.8 Å². The van der Waals surface area contributed by atoms with Crippen molar-refractivity contribution in [1.29, 1.82) is 0 Å². The summed E-state index contributed by atoms with van der Waals surface area (Å²) >= 11 is 0. The molecule has 35 heteroatoms. The summed E-state index contributed by atoms with van der Waals surface area (Å²) in [5.74, 6) is 1.60. The number of alkyl halides is 1. The first-order valence-electron chi connectivity index (χ1n) is 41.0. The predicted molar refractivity (Wildman–Crippen MR) is 468 cm³/mol. The molecule has 14 heterocycles. The zero-order chi connectivity index (χ0) is 90.3. The number of carbonyl (C=O) groups excluding carboxylic acids is 5. The molecule has 650 valence electrons. The quantitative estimate of drug-likeness (QED) is 0.0393. The minimum Gasteiger partial charge on any atom is -0.361 e. The highest BCUT2D eigenvalue weighted by Crippen LogP contribution is 2.43. The van der Waals surface area contributed by atoms with Gasteiger partial charge < -0.3 is 4.85 Å². The summed E-state index contributed by atoms with van der Waals surface area (Å²) in [4.78, 5) is 126. The van der Waals surface area contributed by atoms with Gasteiger partial charge in [0.15, 0.2) is 22.6 Å². The minimum atomic E-state index is -1.17. The highest BCUT2D eigenvalue weighted by atomic mass is 19.1. The van der Waals surface area contributed by atoms with Crippen molar-refractivity contribution < 1.29 is 45.9 Å². The average molecular weight is 1710 g/mol. The Labute approximate surface area is 718 Å². The zero-order valence-corrected chi connectivity index (χ0v) is 72.7. The van der Waals surface area contributed by atoms with Crippen molar-refractivity contribution in [3.63, 3.8) is 0 Å². The summed E-state index contributed by atoms with van der Waals surface area (Å²) in [6, 6.07) is 29.7. The molecule has 0 unspecified atom stereocenters. The number of anilines is 5. The molecule has 2 saturated carbocycles. The fourth-order valence-electron chi connectivity index (χ4n) is 13.6. The molecule has 2 atom stereocenters. The Kier molecular flexibility index (Phi) is 27.4. The third-order valence-corrected chi connectivity index (χ3v) is 20.8. The van der Waals surface area contributed by atoms with Crippen LogP contribution in [0.25, 0.3) is 83.9 Å². The lowest BCUT2D eigenvalue weighted by atomic mass is 9.72. The standard InChI is InChI=1S/C19H19F2N5O.3C18H20FN5O.C17H21N5O/c1-11-3-5-14-17(23-11)26(15-6-4-13(20)10-22-15)18(24-14)25-16(27)7-12-8-19(2,21)9-12;2*1-11-5-7-13-16(21-11)24(14-8-6-12(19)10-20-14)17(22-13)23-15(25)9-18(2,3)4;1-10(2)12(4)17(25)23-18-22-14-7-5-11(3)21-16(14)24(18)15-8-6-13(19)9-20-15;1-10(2)11(3)16(23)21-17-19-13-8-9-14(18-4)20-15(13)22(17)12-6-5-7-12/h3-6,10,12H,7-9H2,1-2H3,(H,24,25,27);2*5-8,10H,9H2,1-4H3,(H,22,23,25);5-10,12H,1-4H3,(H,22,23,25);8-12H,5-7H2,1-3H3,(H,19,21,23)/t;;;12-;11-/m...00/s1. The van der Waals surface area contributed by atoms with Gasteiger partial charge in [0.25, 0.3) is 11.5 Å². The van der Waals surface area contributed by atoms with Gasteiger partial charge in [-0.15, -0.1) is 0 Å². The second kappa shape index (κ2) is 37.9. The zero-order valence-electron chi connectivity index (χ0n) is 72.7. The van der Waals surface area contributed by atoms with Crippen molar-refractivity contribution in [3.8, 4) is 23.3 Å². The van der Waals surface area contributed by atoms with E-state index in [-0.39, 0.29) is 82.3 Å². The smallest absolute Gasteiger partial charge is 0.271 e. The lowest BCUT2D eigenvalue weighted by molar-refractivity contribution is -0.121. The summed E-state index contributed by atoms with van der Waals surface area (Å²) in [6.07, 6.45) is 9.44. The van der Waals surface area contributed by atoms with Gasteiger partial charge in [0.05, 0.1) is 24.8 Å².